The number of rotatable bonds is 5. The van der Waals surface area contributed by atoms with Gasteiger partial charge in [-0.25, -0.2) is 0 Å². The van der Waals surface area contributed by atoms with Crippen molar-refractivity contribution in [3.8, 4) is 0 Å². The summed E-state index contributed by atoms with van der Waals surface area (Å²) in [7, 11) is 0. The summed E-state index contributed by atoms with van der Waals surface area (Å²) in [6.45, 7) is 3.43. The van der Waals surface area contributed by atoms with Crippen LogP contribution in [0.3, 0.4) is 0 Å². The number of ether oxygens (including phenoxy) is 1. The fourth-order valence-corrected chi connectivity index (χ4v) is 3.93. The molecule has 3 heterocycles. The van der Waals surface area contributed by atoms with Gasteiger partial charge >= 0.3 is 5.97 Å². The summed E-state index contributed by atoms with van der Waals surface area (Å²) in [4.78, 5) is 17.1. The SMILES string of the molecule is O=C(CN(c1ccccc1)c1ccccc1)O[C@H]1CN2CCC1CC2. The molecule has 5 rings (SSSR count). The first-order chi connectivity index (χ1) is 12.3. The van der Waals surface area contributed by atoms with E-state index in [1.807, 2.05) is 65.6 Å². The molecule has 0 aromatic heterocycles. The van der Waals surface area contributed by atoms with Crippen molar-refractivity contribution in [2.24, 2.45) is 5.92 Å². The van der Waals surface area contributed by atoms with Gasteiger partial charge in [0.15, 0.2) is 0 Å². The lowest BCUT2D eigenvalue weighted by Crippen LogP contribution is -2.52. The summed E-state index contributed by atoms with van der Waals surface area (Å²) in [5.41, 5.74) is 2.00. The maximum Gasteiger partial charge on any atom is 0.326 e. The standard InChI is InChI=1S/C21H24N2O2/c24-21(25-20-15-22-13-11-17(20)12-14-22)16-23(18-7-3-1-4-8-18)19-9-5-2-6-10-19/h1-10,17,20H,11-16H2/t20-/m0/s1. The minimum absolute atomic E-state index is 0.0587. The smallest absolute Gasteiger partial charge is 0.326 e. The first-order valence-corrected chi connectivity index (χ1v) is 9.09. The Hall–Kier alpha value is -2.33. The van der Waals surface area contributed by atoms with Crippen molar-refractivity contribution in [3.63, 3.8) is 0 Å². The molecule has 4 nitrogen and oxygen atoms in total. The minimum Gasteiger partial charge on any atom is -0.459 e. The lowest BCUT2D eigenvalue weighted by molar-refractivity contribution is -0.156. The molecule has 0 spiro atoms. The van der Waals surface area contributed by atoms with Crippen molar-refractivity contribution < 1.29 is 9.53 Å². The van der Waals surface area contributed by atoms with Crippen LogP contribution in [-0.2, 0) is 9.53 Å². The summed E-state index contributed by atoms with van der Waals surface area (Å²) in [6, 6.07) is 20.0. The van der Waals surface area contributed by atoms with Gasteiger partial charge in [-0.15, -0.1) is 0 Å². The van der Waals surface area contributed by atoms with E-state index in [-0.39, 0.29) is 18.6 Å². The first kappa shape index (κ1) is 16.2. The second kappa shape index (κ2) is 7.28. The average Bonchev–Trinajstić information content (AvgIpc) is 2.68. The summed E-state index contributed by atoms with van der Waals surface area (Å²) in [6.07, 6.45) is 2.36. The number of carbonyl (C=O) groups is 1. The van der Waals surface area contributed by atoms with E-state index in [9.17, 15) is 4.79 Å². The Morgan fingerprint density at radius 1 is 0.960 bits per heavy atom. The highest BCUT2D eigenvalue weighted by Gasteiger charge is 2.36. The molecule has 130 valence electrons. The van der Waals surface area contributed by atoms with Gasteiger partial charge in [0.1, 0.15) is 12.6 Å². The Kier molecular flexibility index (Phi) is 4.70. The predicted molar refractivity (Wildman–Crippen MR) is 98.9 cm³/mol. The molecule has 3 saturated heterocycles. The van der Waals surface area contributed by atoms with E-state index in [0.717, 1.165) is 43.9 Å². The molecule has 2 aromatic carbocycles. The molecular formula is C21H24N2O2. The van der Waals surface area contributed by atoms with Crippen LogP contribution >= 0.6 is 0 Å². The minimum atomic E-state index is -0.147. The number of hydrogen-bond donors (Lipinski definition) is 0. The lowest BCUT2D eigenvalue weighted by atomic mass is 9.86. The molecule has 3 fully saturated rings. The van der Waals surface area contributed by atoms with E-state index in [1.54, 1.807) is 0 Å². The second-order valence-corrected chi connectivity index (χ2v) is 6.92. The van der Waals surface area contributed by atoms with Crippen LogP contribution in [0.1, 0.15) is 12.8 Å². The third kappa shape index (κ3) is 3.69. The highest BCUT2D eigenvalue weighted by Crippen LogP contribution is 2.30. The van der Waals surface area contributed by atoms with Crippen LogP contribution in [0.25, 0.3) is 0 Å². The first-order valence-electron chi connectivity index (χ1n) is 9.09. The predicted octanol–water partition coefficient (Wildman–Crippen LogP) is 3.46. The van der Waals surface area contributed by atoms with Gasteiger partial charge < -0.3 is 9.64 Å². The number of benzene rings is 2. The van der Waals surface area contributed by atoms with E-state index in [0.29, 0.717) is 5.92 Å². The molecule has 25 heavy (non-hydrogen) atoms. The highest BCUT2D eigenvalue weighted by atomic mass is 16.5. The average molecular weight is 336 g/mol. The van der Waals surface area contributed by atoms with Gasteiger partial charge in [0, 0.05) is 17.9 Å². The van der Waals surface area contributed by atoms with Crippen molar-refractivity contribution in [3.05, 3.63) is 60.7 Å². The van der Waals surface area contributed by atoms with Crippen LogP contribution in [0.5, 0.6) is 0 Å². The molecule has 0 unspecified atom stereocenters. The van der Waals surface area contributed by atoms with E-state index < -0.39 is 0 Å². The van der Waals surface area contributed by atoms with Gasteiger partial charge in [-0.2, -0.15) is 0 Å². The number of para-hydroxylation sites is 2. The second-order valence-electron chi connectivity index (χ2n) is 6.92. The normalized spacial score (nSPS) is 24.7. The molecule has 2 aromatic rings. The summed E-state index contributed by atoms with van der Waals surface area (Å²) < 4.78 is 5.88. The molecule has 3 aliphatic rings. The maximum absolute atomic E-state index is 12.7. The molecular weight excluding hydrogens is 312 g/mol. The van der Waals surface area contributed by atoms with E-state index in [4.69, 9.17) is 4.74 Å². The summed E-state index contributed by atoms with van der Waals surface area (Å²) in [5.74, 6) is 0.391. The Morgan fingerprint density at radius 3 is 2.00 bits per heavy atom. The Bertz CT molecular complexity index is 657. The van der Waals surface area contributed by atoms with Crippen LogP contribution in [0.2, 0.25) is 0 Å². The molecule has 4 heteroatoms. The molecule has 0 N–H and O–H groups in total. The quantitative estimate of drug-likeness (QED) is 0.783. The topological polar surface area (TPSA) is 32.8 Å². The zero-order chi connectivity index (χ0) is 17.1. The van der Waals surface area contributed by atoms with Crippen LogP contribution in [-0.4, -0.2) is 43.2 Å². The number of fused-ring (bicyclic) bond motifs is 3. The lowest BCUT2D eigenvalue weighted by Gasteiger charge is -2.44. The number of hydrogen-bond acceptors (Lipinski definition) is 4. The van der Waals surface area contributed by atoms with Gasteiger partial charge in [0.25, 0.3) is 0 Å². The summed E-state index contributed by atoms with van der Waals surface area (Å²) >= 11 is 0. The van der Waals surface area contributed by atoms with Crippen molar-refractivity contribution in [2.75, 3.05) is 31.1 Å². The number of esters is 1. The van der Waals surface area contributed by atoms with Crippen LogP contribution in [0.15, 0.2) is 60.7 Å². The molecule has 0 saturated carbocycles. The molecule has 3 aliphatic heterocycles. The summed E-state index contributed by atoms with van der Waals surface area (Å²) in [5, 5.41) is 0. The van der Waals surface area contributed by atoms with Crippen molar-refractivity contribution >= 4 is 17.3 Å². The molecule has 0 aliphatic carbocycles. The Labute approximate surface area is 149 Å². The zero-order valence-corrected chi connectivity index (χ0v) is 14.4. The largest absolute Gasteiger partial charge is 0.459 e. The van der Waals surface area contributed by atoms with Crippen molar-refractivity contribution in [1.29, 1.82) is 0 Å². The van der Waals surface area contributed by atoms with Crippen molar-refractivity contribution in [1.82, 2.24) is 4.90 Å². The number of nitrogens with zero attached hydrogens (tertiary/aromatic N) is 2. The van der Waals surface area contributed by atoms with Crippen molar-refractivity contribution in [2.45, 2.75) is 18.9 Å². The van der Waals surface area contributed by atoms with Gasteiger partial charge in [-0.3, -0.25) is 9.69 Å². The number of piperidine rings is 3. The number of anilines is 2. The highest BCUT2D eigenvalue weighted by molar-refractivity contribution is 5.80. The molecule has 0 radical (unpaired) electrons. The monoisotopic (exact) mass is 336 g/mol. The van der Waals surface area contributed by atoms with Gasteiger partial charge in [-0.05, 0) is 56.1 Å². The van der Waals surface area contributed by atoms with Crippen LogP contribution in [0.4, 0.5) is 11.4 Å². The van der Waals surface area contributed by atoms with E-state index in [1.165, 1.54) is 0 Å². The Morgan fingerprint density at radius 2 is 1.52 bits per heavy atom. The Balaban J connectivity index is 1.48. The molecule has 0 amide bonds. The van der Waals surface area contributed by atoms with Gasteiger partial charge in [0.05, 0.1) is 0 Å². The molecule has 1 atom stereocenters. The molecule has 2 bridgehead atoms. The van der Waals surface area contributed by atoms with E-state index >= 15 is 0 Å². The number of carbonyl (C=O) groups excluding carboxylic acids is 1. The third-order valence-electron chi connectivity index (χ3n) is 5.30. The fraction of sp³-hybridized carbons (Fsp3) is 0.381. The van der Waals surface area contributed by atoms with Gasteiger partial charge in [0.2, 0.25) is 0 Å². The zero-order valence-electron chi connectivity index (χ0n) is 14.4. The van der Waals surface area contributed by atoms with Crippen LogP contribution < -0.4 is 4.90 Å². The van der Waals surface area contributed by atoms with Crippen LogP contribution in [0, 0.1) is 5.92 Å². The third-order valence-corrected chi connectivity index (χ3v) is 5.30. The maximum atomic E-state index is 12.7. The van der Waals surface area contributed by atoms with Gasteiger partial charge in [-0.1, -0.05) is 36.4 Å². The van der Waals surface area contributed by atoms with E-state index in [2.05, 4.69) is 4.90 Å². The fourth-order valence-electron chi connectivity index (χ4n) is 3.93.